The van der Waals surface area contributed by atoms with Gasteiger partial charge in [0.05, 0.1) is 12.6 Å². The highest BCUT2D eigenvalue weighted by Crippen LogP contribution is 2.53. The molecule has 0 saturated heterocycles. The Hall–Kier alpha value is -1.48. The van der Waals surface area contributed by atoms with Crippen molar-refractivity contribution in [2.24, 2.45) is 12.8 Å². The van der Waals surface area contributed by atoms with E-state index in [9.17, 15) is 0 Å². The van der Waals surface area contributed by atoms with Crippen LogP contribution in [-0.4, -0.2) is 17.7 Å². The van der Waals surface area contributed by atoms with Crippen molar-refractivity contribution >= 4 is 10.9 Å². The van der Waals surface area contributed by atoms with Gasteiger partial charge in [-0.2, -0.15) is 0 Å². The molecular formula is C15H20N2O. The summed E-state index contributed by atoms with van der Waals surface area (Å²) in [6.07, 6.45) is 4.48. The molecule has 3 nitrogen and oxygen atoms in total. The maximum absolute atomic E-state index is 6.20. The van der Waals surface area contributed by atoms with Gasteiger partial charge in [0, 0.05) is 30.1 Å². The fourth-order valence-electron chi connectivity index (χ4n) is 3.08. The van der Waals surface area contributed by atoms with Crippen LogP contribution in [-0.2, 0) is 12.5 Å². The molecular weight excluding hydrogens is 224 g/mol. The van der Waals surface area contributed by atoms with Crippen molar-refractivity contribution in [3.8, 4) is 5.75 Å². The Kier molecular flexibility index (Phi) is 2.42. The first kappa shape index (κ1) is 11.6. The van der Waals surface area contributed by atoms with E-state index in [4.69, 9.17) is 10.5 Å². The Balaban J connectivity index is 2.27. The molecule has 0 aliphatic heterocycles. The predicted octanol–water partition coefficient (Wildman–Crippen LogP) is 2.57. The molecule has 0 bridgehead atoms. The summed E-state index contributed by atoms with van der Waals surface area (Å²) in [7, 11) is 3.78. The molecule has 0 spiro atoms. The lowest BCUT2D eigenvalue weighted by Gasteiger charge is -2.22. The number of nitrogens with zero attached hydrogens (tertiary/aromatic N) is 1. The van der Waals surface area contributed by atoms with E-state index < -0.39 is 0 Å². The first-order chi connectivity index (χ1) is 8.60. The lowest BCUT2D eigenvalue weighted by Crippen LogP contribution is -2.31. The lowest BCUT2D eigenvalue weighted by molar-refractivity contribution is 0.417. The standard InChI is InChI=1S/C15H20N2O/c1-10(16)15(7-8-15)12-4-5-13(18-3)14-11(12)6-9-17(14)2/h4-6,9-10H,7-8,16H2,1-3H3. The highest BCUT2D eigenvalue weighted by atomic mass is 16.5. The van der Waals surface area contributed by atoms with E-state index in [0.29, 0.717) is 0 Å². The minimum atomic E-state index is 0.186. The lowest BCUT2D eigenvalue weighted by atomic mass is 9.87. The fraction of sp³-hybridized carbons (Fsp3) is 0.467. The van der Waals surface area contributed by atoms with Crippen molar-refractivity contribution in [1.29, 1.82) is 0 Å². The van der Waals surface area contributed by atoms with Gasteiger partial charge in [-0.1, -0.05) is 6.07 Å². The number of methoxy groups -OCH3 is 1. The Morgan fingerprint density at radius 1 is 1.33 bits per heavy atom. The maximum atomic E-state index is 6.20. The first-order valence-electron chi connectivity index (χ1n) is 6.48. The molecule has 3 heteroatoms. The molecule has 1 unspecified atom stereocenters. The zero-order valence-electron chi connectivity index (χ0n) is 11.2. The number of fused-ring (bicyclic) bond motifs is 1. The van der Waals surface area contributed by atoms with Crippen molar-refractivity contribution in [3.05, 3.63) is 30.0 Å². The summed E-state index contributed by atoms with van der Waals surface area (Å²) in [4.78, 5) is 0. The van der Waals surface area contributed by atoms with Crippen molar-refractivity contribution < 1.29 is 4.74 Å². The second-order valence-electron chi connectivity index (χ2n) is 5.45. The number of hydrogen-bond acceptors (Lipinski definition) is 2. The van der Waals surface area contributed by atoms with Gasteiger partial charge >= 0.3 is 0 Å². The largest absolute Gasteiger partial charge is 0.495 e. The zero-order valence-corrected chi connectivity index (χ0v) is 11.2. The maximum Gasteiger partial charge on any atom is 0.143 e. The van der Waals surface area contributed by atoms with Gasteiger partial charge in [0.2, 0.25) is 0 Å². The number of rotatable bonds is 3. The van der Waals surface area contributed by atoms with Crippen molar-refractivity contribution in [2.45, 2.75) is 31.2 Å². The molecule has 0 radical (unpaired) electrons. The Bertz CT molecular complexity index is 594. The van der Waals surface area contributed by atoms with E-state index in [1.807, 2.05) is 0 Å². The van der Waals surface area contributed by atoms with E-state index in [2.05, 4.69) is 42.9 Å². The number of hydrogen-bond donors (Lipinski definition) is 1. The summed E-state index contributed by atoms with van der Waals surface area (Å²) in [5.74, 6) is 0.932. The highest BCUT2D eigenvalue weighted by molar-refractivity contribution is 5.90. The number of aryl methyl sites for hydroxylation is 1. The molecule has 0 amide bonds. The van der Waals surface area contributed by atoms with Gasteiger partial charge in [-0.15, -0.1) is 0 Å². The second kappa shape index (κ2) is 3.75. The molecule has 1 aliphatic carbocycles. The molecule has 2 N–H and O–H groups in total. The topological polar surface area (TPSA) is 40.2 Å². The molecule has 18 heavy (non-hydrogen) atoms. The third kappa shape index (κ3) is 1.40. The van der Waals surface area contributed by atoms with Crippen LogP contribution in [0.25, 0.3) is 10.9 Å². The molecule has 3 rings (SSSR count). The monoisotopic (exact) mass is 244 g/mol. The third-order valence-corrected chi connectivity index (χ3v) is 4.41. The van der Waals surface area contributed by atoms with E-state index in [-0.39, 0.29) is 11.5 Å². The predicted molar refractivity (Wildman–Crippen MR) is 74.0 cm³/mol. The molecule has 1 atom stereocenters. The molecule has 1 fully saturated rings. The van der Waals surface area contributed by atoms with Crippen LogP contribution in [0.2, 0.25) is 0 Å². The minimum Gasteiger partial charge on any atom is -0.495 e. The highest BCUT2D eigenvalue weighted by Gasteiger charge is 2.48. The number of aromatic nitrogens is 1. The minimum absolute atomic E-state index is 0.186. The summed E-state index contributed by atoms with van der Waals surface area (Å²) in [6.45, 7) is 2.12. The fourth-order valence-corrected chi connectivity index (χ4v) is 3.08. The number of nitrogens with two attached hydrogens (primary N) is 1. The Morgan fingerprint density at radius 3 is 2.61 bits per heavy atom. The molecule has 1 heterocycles. The number of benzene rings is 1. The van der Waals surface area contributed by atoms with Crippen LogP contribution in [0.3, 0.4) is 0 Å². The molecule has 1 saturated carbocycles. The van der Waals surface area contributed by atoms with Crippen molar-refractivity contribution in [1.82, 2.24) is 4.57 Å². The van der Waals surface area contributed by atoms with E-state index in [0.717, 1.165) is 5.75 Å². The van der Waals surface area contributed by atoms with Crippen LogP contribution < -0.4 is 10.5 Å². The van der Waals surface area contributed by atoms with Crippen LogP contribution in [0, 0.1) is 0 Å². The molecule has 96 valence electrons. The first-order valence-corrected chi connectivity index (χ1v) is 6.48. The summed E-state index contributed by atoms with van der Waals surface area (Å²) >= 11 is 0. The van der Waals surface area contributed by atoms with Crippen LogP contribution >= 0.6 is 0 Å². The zero-order chi connectivity index (χ0) is 12.9. The molecule has 2 aromatic rings. The van der Waals surface area contributed by atoms with Crippen molar-refractivity contribution in [2.75, 3.05) is 7.11 Å². The van der Waals surface area contributed by atoms with Gasteiger partial charge in [-0.3, -0.25) is 0 Å². The third-order valence-electron chi connectivity index (χ3n) is 4.41. The Morgan fingerprint density at radius 2 is 2.06 bits per heavy atom. The van der Waals surface area contributed by atoms with Crippen molar-refractivity contribution in [3.63, 3.8) is 0 Å². The van der Waals surface area contributed by atoms with Crippen LogP contribution in [0.5, 0.6) is 5.75 Å². The second-order valence-corrected chi connectivity index (χ2v) is 5.45. The van der Waals surface area contributed by atoms with Gasteiger partial charge in [0.1, 0.15) is 5.75 Å². The van der Waals surface area contributed by atoms with Crippen LogP contribution in [0.4, 0.5) is 0 Å². The average molecular weight is 244 g/mol. The summed E-state index contributed by atoms with van der Waals surface area (Å²) in [5, 5.41) is 1.28. The van der Waals surface area contributed by atoms with Crippen LogP contribution in [0.1, 0.15) is 25.3 Å². The van der Waals surface area contributed by atoms with Gasteiger partial charge in [-0.05, 0) is 37.5 Å². The number of ether oxygens (including phenoxy) is 1. The summed E-state index contributed by atoms with van der Waals surface area (Å²) in [5.41, 5.74) is 8.93. The molecule has 1 aliphatic rings. The molecule has 1 aromatic heterocycles. The van der Waals surface area contributed by atoms with E-state index in [1.165, 1.54) is 29.3 Å². The summed E-state index contributed by atoms with van der Waals surface area (Å²) in [6, 6.07) is 6.64. The van der Waals surface area contributed by atoms with Gasteiger partial charge < -0.3 is 15.0 Å². The average Bonchev–Trinajstić information content (AvgIpc) is 3.08. The van der Waals surface area contributed by atoms with Crippen LogP contribution in [0.15, 0.2) is 24.4 Å². The van der Waals surface area contributed by atoms with E-state index >= 15 is 0 Å². The van der Waals surface area contributed by atoms with E-state index in [1.54, 1.807) is 7.11 Å². The molecule has 1 aromatic carbocycles. The smallest absolute Gasteiger partial charge is 0.143 e. The summed E-state index contributed by atoms with van der Waals surface area (Å²) < 4.78 is 7.58. The van der Waals surface area contributed by atoms with Gasteiger partial charge in [0.15, 0.2) is 0 Å². The SMILES string of the molecule is COc1ccc(C2(C(C)N)CC2)c2ccn(C)c12. The normalized spacial score (nSPS) is 18.9. The van der Waals surface area contributed by atoms with Gasteiger partial charge in [-0.25, -0.2) is 0 Å². The Labute approximate surface area is 108 Å². The quantitative estimate of drug-likeness (QED) is 0.901. The van der Waals surface area contributed by atoms with Gasteiger partial charge in [0.25, 0.3) is 0 Å².